The smallest absolute Gasteiger partial charge is 0.227 e. The normalized spacial score (nSPS) is 11.6. The number of hydrogen-bond acceptors (Lipinski definition) is 3. The van der Waals surface area contributed by atoms with E-state index < -0.39 is 0 Å². The summed E-state index contributed by atoms with van der Waals surface area (Å²) in [6.07, 6.45) is 2.35. The first kappa shape index (κ1) is 14.0. The number of oxazole rings is 1. The van der Waals surface area contributed by atoms with Gasteiger partial charge in [0.1, 0.15) is 11.3 Å². The van der Waals surface area contributed by atoms with E-state index >= 15 is 0 Å². The number of unbranched alkanes of at least 4 members (excludes halogenated alkanes) is 1. The fourth-order valence-electron chi connectivity index (χ4n) is 2.98. The highest BCUT2D eigenvalue weighted by Crippen LogP contribution is 2.27. The number of hydrogen-bond donors (Lipinski definition) is 0. The maximum Gasteiger partial charge on any atom is 0.227 e. The highest BCUT2D eigenvalue weighted by Gasteiger charge is 2.12. The van der Waals surface area contributed by atoms with Gasteiger partial charge in [0.05, 0.1) is 11.0 Å². The largest absolute Gasteiger partial charge is 0.436 e. The van der Waals surface area contributed by atoms with Crippen LogP contribution >= 0.6 is 0 Å². The van der Waals surface area contributed by atoms with Gasteiger partial charge in [0.15, 0.2) is 5.58 Å². The average molecular weight is 305 g/mol. The Morgan fingerprint density at radius 3 is 2.74 bits per heavy atom. The van der Waals surface area contributed by atoms with Crippen molar-refractivity contribution in [3.63, 3.8) is 0 Å². The number of aromatic nitrogens is 3. The van der Waals surface area contributed by atoms with Crippen LogP contribution < -0.4 is 0 Å². The molecule has 2 aromatic heterocycles. The van der Waals surface area contributed by atoms with Crippen molar-refractivity contribution in [1.82, 2.24) is 14.5 Å². The number of imidazole rings is 1. The fourth-order valence-corrected chi connectivity index (χ4v) is 2.98. The summed E-state index contributed by atoms with van der Waals surface area (Å²) in [4.78, 5) is 9.27. The van der Waals surface area contributed by atoms with Crippen molar-refractivity contribution in [3.05, 3.63) is 48.3 Å². The van der Waals surface area contributed by atoms with E-state index in [0.717, 1.165) is 34.5 Å². The lowest BCUT2D eigenvalue weighted by Gasteiger charge is -2.05. The molecule has 0 aliphatic rings. The van der Waals surface area contributed by atoms with Gasteiger partial charge < -0.3 is 8.98 Å². The zero-order valence-corrected chi connectivity index (χ0v) is 13.4. The second-order valence-corrected chi connectivity index (χ2v) is 5.85. The van der Waals surface area contributed by atoms with E-state index in [2.05, 4.69) is 41.6 Å². The zero-order valence-electron chi connectivity index (χ0n) is 13.4. The summed E-state index contributed by atoms with van der Waals surface area (Å²) in [7, 11) is 0. The Morgan fingerprint density at radius 1 is 1.04 bits per heavy atom. The molecule has 4 heteroatoms. The summed E-state index contributed by atoms with van der Waals surface area (Å²) in [5.41, 5.74) is 4.84. The summed E-state index contributed by atoms with van der Waals surface area (Å²) >= 11 is 0. The molecule has 0 bridgehead atoms. The van der Waals surface area contributed by atoms with Crippen molar-refractivity contribution in [1.29, 1.82) is 0 Å². The van der Waals surface area contributed by atoms with Crippen molar-refractivity contribution in [2.75, 3.05) is 0 Å². The van der Waals surface area contributed by atoms with E-state index in [1.807, 2.05) is 24.3 Å². The summed E-state index contributed by atoms with van der Waals surface area (Å²) in [5, 5.41) is 0. The Kier molecular flexibility index (Phi) is 3.37. The second kappa shape index (κ2) is 5.54. The van der Waals surface area contributed by atoms with Crippen LogP contribution in [0.4, 0.5) is 0 Å². The number of aryl methyl sites for hydroxylation is 2. The number of nitrogens with zero attached hydrogens (tertiary/aromatic N) is 3. The lowest BCUT2D eigenvalue weighted by molar-refractivity contribution is 0.620. The van der Waals surface area contributed by atoms with Crippen LogP contribution in [0.5, 0.6) is 0 Å². The van der Waals surface area contributed by atoms with Gasteiger partial charge in [-0.05, 0) is 43.7 Å². The van der Waals surface area contributed by atoms with Crippen molar-refractivity contribution < 1.29 is 4.42 Å². The van der Waals surface area contributed by atoms with Crippen LogP contribution in [-0.4, -0.2) is 14.5 Å². The third-order valence-electron chi connectivity index (χ3n) is 4.22. The van der Waals surface area contributed by atoms with E-state index in [1.54, 1.807) is 0 Å². The summed E-state index contributed by atoms with van der Waals surface area (Å²) in [6, 6.07) is 14.1. The first-order valence-corrected chi connectivity index (χ1v) is 8.09. The van der Waals surface area contributed by atoms with Gasteiger partial charge in [-0.3, -0.25) is 0 Å². The first-order valence-electron chi connectivity index (χ1n) is 8.09. The molecule has 116 valence electrons. The molecule has 0 radical (unpaired) electrons. The van der Waals surface area contributed by atoms with Crippen LogP contribution in [0.3, 0.4) is 0 Å². The Bertz CT molecular complexity index is 948. The highest BCUT2D eigenvalue weighted by molar-refractivity contribution is 5.83. The van der Waals surface area contributed by atoms with Crippen molar-refractivity contribution in [2.24, 2.45) is 0 Å². The third kappa shape index (κ3) is 2.40. The number of benzene rings is 2. The van der Waals surface area contributed by atoms with E-state index in [9.17, 15) is 0 Å². The molecule has 4 aromatic rings. The molecular formula is C19H19N3O. The van der Waals surface area contributed by atoms with Gasteiger partial charge in [0.2, 0.25) is 5.89 Å². The zero-order chi connectivity index (χ0) is 15.8. The van der Waals surface area contributed by atoms with Crippen molar-refractivity contribution in [2.45, 2.75) is 33.2 Å². The molecule has 0 atom stereocenters. The molecule has 0 aliphatic carbocycles. The Balaban J connectivity index is 1.79. The third-order valence-corrected chi connectivity index (χ3v) is 4.22. The Labute approximate surface area is 134 Å². The molecule has 0 saturated heterocycles. The van der Waals surface area contributed by atoms with Crippen LogP contribution in [0.15, 0.2) is 46.9 Å². The maximum atomic E-state index is 5.86. The molecule has 0 spiro atoms. The van der Waals surface area contributed by atoms with Gasteiger partial charge in [-0.2, -0.15) is 0 Å². The molecule has 0 fully saturated rings. The molecular weight excluding hydrogens is 286 g/mol. The molecule has 23 heavy (non-hydrogen) atoms. The molecule has 2 aromatic carbocycles. The van der Waals surface area contributed by atoms with Gasteiger partial charge in [-0.15, -0.1) is 0 Å². The highest BCUT2D eigenvalue weighted by atomic mass is 16.3. The van der Waals surface area contributed by atoms with E-state index in [0.29, 0.717) is 5.89 Å². The minimum Gasteiger partial charge on any atom is -0.436 e. The SMILES string of the molecule is CCCCn1c(C)nc2cc(-c3nc4ccccc4o3)ccc21. The summed E-state index contributed by atoms with van der Waals surface area (Å²) < 4.78 is 8.15. The summed E-state index contributed by atoms with van der Waals surface area (Å²) in [6.45, 7) is 5.29. The second-order valence-electron chi connectivity index (χ2n) is 5.85. The van der Waals surface area contributed by atoms with Gasteiger partial charge >= 0.3 is 0 Å². The predicted octanol–water partition coefficient (Wildman–Crippen LogP) is 4.95. The van der Waals surface area contributed by atoms with Gasteiger partial charge in [-0.25, -0.2) is 9.97 Å². The Morgan fingerprint density at radius 2 is 1.91 bits per heavy atom. The van der Waals surface area contributed by atoms with Crippen molar-refractivity contribution >= 4 is 22.1 Å². The van der Waals surface area contributed by atoms with Crippen LogP contribution in [-0.2, 0) is 6.54 Å². The quantitative estimate of drug-likeness (QED) is 0.535. The fraction of sp³-hybridized carbons (Fsp3) is 0.263. The van der Waals surface area contributed by atoms with Crippen LogP contribution in [0.25, 0.3) is 33.6 Å². The van der Waals surface area contributed by atoms with E-state index in [4.69, 9.17) is 9.40 Å². The molecule has 0 aliphatic heterocycles. The maximum absolute atomic E-state index is 5.86. The molecule has 0 unspecified atom stereocenters. The average Bonchev–Trinajstić information content (AvgIpc) is 3.12. The standard InChI is InChI=1S/C19H19N3O/c1-3-4-11-22-13(2)20-16-12-14(9-10-17(16)22)19-21-15-7-5-6-8-18(15)23-19/h5-10,12H,3-4,11H2,1-2H3. The summed E-state index contributed by atoms with van der Waals surface area (Å²) in [5.74, 6) is 1.71. The monoisotopic (exact) mass is 305 g/mol. The predicted molar refractivity (Wildman–Crippen MR) is 92.4 cm³/mol. The van der Waals surface area contributed by atoms with Gasteiger partial charge in [-0.1, -0.05) is 25.5 Å². The minimum atomic E-state index is 0.647. The molecule has 0 saturated carbocycles. The minimum absolute atomic E-state index is 0.647. The first-order chi connectivity index (χ1) is 11.3. The van der Waals surface area contributed by atoms with Crippen molar-refractivity contribution in [3.8, 4) is 11.5 Å². The van der Waals surface area contributed by atoms with Gasteiger partial charge in [0.25, 0.3) is 0 Å². The molecule has 0 amide bonds. The lowest BCUT2D eigenvalue weighted by Crippen LogP contribution is -1.99. The number of fused-ring (bicyclic) bond motifs is 2. The Hall–Kier alpha value is -2.62. The van der Waals surface area contributed by atoms with Crippen LogP contribution in [0.2, 0.25) is 0 Å². The molecule has 4 rings (SSSR count). The lowest BCUT2D eigenvalue weighted by atomic mass is 10.2. The number of para-hydroxylation sites is 2. The van der Waals surface area contributed by atoms with E-state index in [1.165, 1.54) is 18.4 Å². The van der Waals surface area contributed by atoms with Crippen LogP contribution in [0.1, 0.15) is 25.6 Å². The van der Waals surface area contributed by atoms with E-state index in [-0.39, 0.29) is 0 Å². The molecule has 4 nitrogen and oxygen atoms in total. The number of rotatable bonds is 4. The molecule has 0 N–H and O–H groups in total. The topological polar surface area (TPSA) is 43.9 Å². The van der Waals surface area contributed by atoms with Gasteiger partial charge in [0, 0.05) is 12.1 Å². The van der Waals surface area contributed by atoms with Crippen LogP contribution in [0, 0.1) is 6.92 Å². The molecule has 2 heterocycles.